The molecule has 0 bridgehead atoms. The summed E-state index contributed by atoms with van der Waals surface area (Å²) in [4.78, 5) is 22.2. The summed E-state index contributed by atoms with van der Waals surface area (Å²) in [6.07, 6.45) is 1.34. The summed E-state index contributed by atoms with van der Waals surface area (Å²) in [7, 11) is 0. The van der Waals surface area contributed by atoms with E-state index in [0.717, 1.165) is 0 Å². The van der Waals surface area contributed by atoms with Gasteiger partial charge in [-0.2, -0.15) is 0 Å². The molecule has 15 heavy (non-hydrogen) atoms. The first kappa shape index (κ1) is 9.39. The Kier molecular flexibility index (Phi) is 2.21. The second kappa shape index (κ2) is 3.53. The summed E-state index contributed by atoms with van der Waals surface area (Å²) >= 11 is 0. The molecule has 1 heterocycles. The summed E-state index contributed by atoms with van der Waals surface area (Å²) in [6, 6.07) is 8.76. The highest BCUT2D eigenvalue weighted by Crippen LogP contribution is 2.14. The first-order valence-corrected chi connectivity index (χ1v) is 4.26. The number of hydrogen-bond acceptors (Lipinski definition) is 2. The number of hydrogen-bond donors (Lipinski definition) is 1. The third-order valence-corrected chi connectivity index (χ3v) is 1.96. The van der Waals surface area contributed by atoms with Crippen LogP contribution in [0.25, 0.3) is 6.08 Å². The third-order valence-electron chi connectivity index (χ3n) is 1.96. The van der Waals surface area contributed by atoms with Crippen molar-refractivity contribution < 1.29 is 14.1 Å². The molecule has 1 aliphatic heterocycles. The Morgan fingerprint density at radius 2 is 1.87 bits per heavy atom. The fourth-order valence-electron chi connectivity index (χ4n) is 1.25. The predicted molar refractivity (Wildman–Crippen MR) is 50.5 cm³/mol. The number of halogens is 1. The van der Waals surface area contributed by atoms with Crippen molar-refractivity contribution in [1.82, 2.24) is 10.7 Å². The SMILES string of the molecule is O=C1NN(F)C(=O)C1=Cc1ccccc1. The monoisotopic (exact) mass is 206 g/mol. The zero-order chi connectivity index (χ0) is 10.8. The van der Waals surface area contributed by atoms with Crippen molar-refractivity contribution in [3.63, 3.8) is 0 Å². The number of nitrogens with one attached hydrogen (secondary N) is 1. The van der Waals surface area contributed by atoms with Gasteiger partial charge in [0.2, 0.25) is 0 Å². The van der Waals surface area contributed by atoms with Crippen molar-refractivity contribution in [2.75, 3.05) is 0 Å². The van der Waals surface area contributed by atoms with E-state index >= 15 is 0 Å². The maximum atomic E-state index is 12.6. The standard InChI is InChI=1S/C10H7FN2O2/c11-13-10(15)8(9(14)12-13)6-7-4-2-1-3-5-7/h1-6H,(H,12,14). The van der Waals surface area contributed by atoms with Gasteiger partial charge in [-0.1, -0.05) is 40.0 Å². The maximum Gasteiger partial charge on any atom is 0.308 e. The summed E-state index contributed by atoms with van der Waals surface area (Å²) in [5.74, 6) is -1.70. The van der Waals surface area contributed by atoms with E-state index in [4.69, 9.17) is 0 Å². The zero-order valence-electron chi connectivity index (χ0n) is 7.61. The van der Waals surface area contributed by atoms with Gasteiger partial charge in [0, 0.05) is 0 Å². The van der Waals surface area contributed by atoms with E-state index in [1.54, 1.807) is 35.8 Å². The minimum atomic E-state index is -0.969. The van der Waals surface area contributed by atoms with E-state index in [0.29, 0.717) is 5.56 Å². The number of amides is 2. The molecule has 76 valence electrons. The number of rotatable bonds is 1. The molecule has 0 saturated carbocycles. The minimum absolute atomic E-state index is 0.205. The van der Waals surface area contributed by atoms with Crippen molar-refractivity contribution in [2.24, 2.45) is 0 Å². The first-order valence-electron chi connectivity index (χ1n) is 4.26. The molecule has 1 fully saturated rings. The van der Waals surface area contributed by atoms with Crippen molar-refractivity contribution in [3.8, 4) is 0 Å². The Hall–Kier alpha value is -2.17. The van der Waals surface area contributed by atoms with Crippen molar-refractivity contribution in [2.45, 2.75) is 0 Å². The minimum Gasteiger partial charge on any atom is -0.267 e. The van der Waals surface area contributed by atoms with E-state index in [2.05, 4.69) is 0 Å². The Bertz CT molecular complexity index is 442. The predicted octanol–water partition coefficient (Wildman–Crippen LogP) is 0.828. The number of benzene rings is 1. The number of nitrogens with zero attached hydrogens (tertiary/aromatic N) is 1. The van der Waals surface area contributed by atoms with Crippen LogP contribution in [0, 0.1) is 0 Å². The number of hydrazine groups is 1. The quantitative estimate of drug-likeness (QED) is 0.420. The average molecular weight is 206 g/mol. The highest BCUT2D eigenvalue weighted by atomic mass is 19.2. The second-order valence-corrected chi connectivity index (χ2v) is 3.00. The number of carbonyl (C=O) groups excluding carboxylic acids is 2. The first-order chi connectivity index (χ1) is 7.18. The smallest absolute Gasteiger partial charge is 0.267 e. The molecule has 0 aromatic heterocycles. The fraction of sp³-hybridized carbons (Fsp3) is 0. The second-order valence-electron chi connectivity index (χ2n) is 3.00. The van der Waals surface area contributed by atoms with Gasteiger partial charge in [0.25, 0.3) is 5.91 Å². The molecule has 2 amide bonds. The van der Waals surface area contributed by atoms with E-state index in [-0.39, 0.29) is 10.8 Å². The van der Waals surface area contributed by atoms with Crippen LogP contribution in [-0.2, 0) is 9.59 Å². The maximum absolute atomic E-state index is 12.6. The van der Waals surface area contributed by atoms with Crippen LogP contribution in [0.1, 0.15) is 5.56 Å². The van der Waals surface area contributed by atoms with Gasteiger partial charge in [-0.25, -0.2) is 5.43 Å². The Labute approximate surface area is 84.9 Å². The van der Waals surface area contributed by atoms with Crippen LogP contribution >= 0.6 is 0 Å². The lowest BCUT2D eigenvalue weighted by Crippen LogP contribution is -2.27. The van der Waals surface area contributed by atoms with E-state index < -0.39 is 11.8 Å². The highest BCUT2D eigenvalue weighted by molar-refractivity contribution is 6.25. The summed E-state index contributed by atoms with van der Waals surface area (Å²) < 4.78 is 12.6. The van der Waals surface area contributed by atoms with Gasteiger partial charge < -0.3 is 0 Å². The highest BCUT2D eigenvalue weighted by Gasteiger charge is 2.33. The summed E-state index contributed by atoms with van der Waals surface area (Å²) in [6.45, 7) is 0. The van der Waals surface area contributed by atoms with Crippen LogP contribution in [0.3, 0.4) is 0 Å². The Balaban J connectivity index is 2.35. The largest absolute Gasteiger partial charge is 0.308 e. The van der Waals surface area contributed by atoms with Crippen LogP contribution in [0.5, 0.6) is 0 Å². The fourth-order valence-corrected chi connectivity index (χ4v) is 1.25. The zero-order valence-corrected chi connectivity index (χ0v) is 7.61. The Morgan fingerprint density at radius 3 is 2.40 bits per heavy atom. The molecule has 0 spiro atoms. The Morgan fingerprint density at radius 1 is 1.20 bits per heavy atom. The topological polar surface area (TPSA) is 49.4 Å². The molecule has 0 atom stereocenters. The van der Waals surface area contributed by atoms with Crippen molar-refractivity contribution in [3.05, 3.63) is 41.5 Å². The van der Waals surface area contributed by atoms with Gasteiger partial charge in [-0.3, -0.25) is 9.59 Å². The average Bonchev–Trinajstić information content (AvgIpc) is 2.47. The lowest BCUT2D eigenvalue weighted by atomic mass is 10.1. The van der Waals surface area contributed by atoms with Gasteiger partial charge in [-0.15, -0.1) is 0 Å². The van der Waals surface area contributed by atoms with Gasteiger partial charge in [0.1, 0.15) is 5.57 Å². The van der Waals surface area contributed by atoms with Gasteiger partial charge in [0.15, 0.2) is 0 Å². The van der Waals surface area contributed by atoms with Crippen LogP contribution in [-0.4, -0.2) is 17.0 Å². The van der Waals surface area contributed by atoms with Gasteiger partial charge >= 0.3 is 5.91 Å². The lowest BCUT2D eigenvalue weighted by Gasteiger charge is -1.96. The lowest BCUT2D eigenvalue weighted by molar-refractivity contribution is -0.146. The molecule has 0 radical (unpaired) electrons. The molecule has 1 saturated heterocycles. The summed E-state index contributed by atoms with van der Waals surface area (Å²) in [5.41, 5.74) is 2.21. The van der Waals surface area contributed by atoms with E-state index in [9.17, 15) is 14.1 Å². The van der Waals surface area contributed by atoms with Crippen molar-refractivity contribution >= 4 is 17.9 Å². The molecular formula is C10H7FN2O2. The van der Waals surface area contributed by atoms with E-state index in [1.807, 2.05) is 0 Å². The molecule has 2 rings (SSSR count). The molecule has 1 aromatic rings. The van der Waals surface area contributed by atoms with Crippen LogP contribution in [0.15, 0.2) is 35.9 Å². The van der Waals surface area contributed by atoms with Gasteiger partial charge in [0.05, 0.1) is 0 Å². The molecule has 0 aliphatic carbocycles. The molecule has 1 aliphatic rings. The number of carbonyl (C=O) groups is 2. The van der Waals surface area contributed by atoms with Crippen LogP contribution in [0.2, 0.25) is 0 Å². The van der Waals surface area contributed by atoms with Crippen LogP contribution in [0.4, 0.5) is 4.48 Å². The van der Waals surface area contributed by atoms with Crippen LogP contribution < -0.4 is 5.43 Å². The van der Waals surface area contributed by atoms with Gasteiger partial charge in [-0.05, 0) is 11.6 Å². The van der Waals surface area contributed by atoms with E-state index in [1.165, 1.54) is 6.08 Å². The van der Waals surface area contributed by atoms with Crippen molar-refractivity contribution in [1.29, 1.82) is 0 Å². The molecule has 4 nitrogen and oxygen atoms in total. The molecule has 0 unspecified atom stereocenters. The third kappa shape index (κ3) is 1.71. The normalized spacial score (nSPS) is 18.5. The molecular weight excluding hydrogens is 199 g/mol. The summed E-state index contributed by atoms with van der Waals surface area (Å²) in [5, 5.41) is -0.322. The molecule has 1 aromatic carbocycles. The molecule has 5 heteroatoms. The molecule has 1 N–H and O–H groups in total.